The van der Waals surface area contributed by atoms with Gasteiger partial charge >= 0.3 is 0 Å². The second kappa shape index (κ2) is 6.40. The van der Waals surface area contributed by atoms with Crippen molar-refractivity contribution in [3.8, 4) is 5.75 Å². The van der Waals surface area contributed by atoms with E-state index in [-0.39, 0.29) is 17.0 Å². The molecule has 6 nitrogen and oxygen atoms in total. The molecule has 0 bridgehead atoms. The molecule has 0 atom stereocenters. The summed E-state index contributed by atoms with van der Waals surface area (Å²) in [6.45, 7) is 0. The number of aromatic amines is 1. The second-order valence-electron chi connectivity index (χ2n) is 3.98. The average Bonchev–Trinajstić information content (AvgIpc) is 2.91. The third-order valence-electron chi connectivity index (χ3n) is 2.59. The van der Waals surface area contributed by atoms with Gasteiger partial charge in [-0.15, -0.1) is 0 Å². The van der Waals surface area contributed by atoms with Crippen molar-refractivity contribution in [2.75, 3.05) is 7.11 Å². The molecule has 21 heavy (non-hydrogen) atoms. The Kier molecular flexibility index (Phi) is 4.59. The summed E-state index contributed by atoms with van der Waals surface area (Å²) in [5, 5.41) is 0. The Morgan fingerprint density at radius 1 is 1.24 bits per heavy atom. The van der Waals surface area contributed by atoms with Crippen LogP contribution >= 0.6 is 15.9 Å². The van der Waals surface area contributed by atoms with E-state index in [0.29, 0.717) is 4.47 Å². The topological polar surface area (TPSA) is 83.2 Å². The Morgan fingerprint density at radius 3 is 2.57 bits per heavy atom. The molecule has 0 radical (unpaired) electrons. The SMILES string of the molecule is COc1ccc(F)cc1C(=O)NNC(=O)c1cc(Br)c[nH]1. The third-order valence-corrected chi connectivity index (χ3v) is 3.05. The molecule has 0 saturated heterocycles. The van der Waals surface area contributed by atoms with E-state index in [2.05, 4.69) is 31.8 Å². The Labute approximate surface area is 127 Å². The normalized spacial score (nSPS) is 10.0. The van der Waals surface area contributed by atoms with Gasteiger partial charge in [0, 0.05) is 10.7 Å². The van der Waals surface area contributed by atoms with Crippen molar-refractivity contribution in [1.29, 1.82) is 0 Å². The number of H-pyrrole nitrogens is 1. The van der Waals surface area contributed by atoms with Gasteiger partial charge in [0.25, 0.3) is 11.8 Å². The number of benzene rings is 1. The zero-order chi connectivity index (χ0) is 15.4. The minimum absolute atomic E-state index is 0.0227. The van der Waals surface area contributed by atoms with Gasteiger partial charge < -0.3 is 9.72 Å². The molecule has 0 unspecified atom stereocenters. The van der Waals surface area contributed by atoms with Gasteiger partial charge in [0.05, 0.1) is 12.7 Å². The summed E-state index contributed by atoms with van der Waals surface area (Å²) in [5.74, 6) is -1.61. The van der Waals surface area contributed by atoms with Crippen LogP contribution in [0.2, 0.25) is 0 Å². The lowest BCUT2D eigenvalue weighted by Gasteiger charge is -2.10. The lowest BCUT2D eigenvalue weighted by molar-refractivity contribution is 0.0842. The smallest absolute Gasteiger partial charge is 0.286 e. The number of hydrogen-bond acceptors (Lipinski definition) is 3. The summed E-state index contributed by atoms with van der Waals surface area (Å²) in [6.07, 6.45) is 1.58. The highest BCUT2D eigenvalue weighted by Gasteiger charge is 2.15. The molecule has 2 rings (SSSR count). The maximum absolute atomic E-state index is 13.2. The fourth-order valence-corrected chi connectivity index (χ4v) is 1.95. The van der Waals surface area contributed by atoms with Gasteiger partial charge in [-0.1, -0.05) is 0 Å². The van der Waals surface area contributed by atoms with E-state index < -0.39 is 17.6 Å². The first-order valence-electron chi connectivity index (χ1n) is 5.79. The van der Waals surface area contributed by atoms with Crippen LogP contribution in [0.25, 0.3) is 0 Å². The van der Waals surface area contributed by atoms with Crippen LogP contribution in [0, 0.1) is 5.82 Å². The molecular weight excluding hydrogens is 345 g/mol. The number of hydrazine groups is 1. The molecule has 0 fully saturated rings. The molecule has 2 aromatic rings. The number of rotatable bonds is 3. The van der Waals surface area contributed by atoms with Crippen LogP contribution < -0.4 is 15.6 Å². The zero-order valence-electron chi connectivity index (χ0n) is 10.9. The van der Waals surface area contributed by atoms with E-state index in [4.69, 9.17) is 4.74 Å². The summed E-state index contributed by atoms with van der Waals surface area (Å²) in [5.41, 5.74) is 4.64. The van der Waals surface area contributed by atoms with Crippen LogP contribution in [0.3, 0.4) is 0 Å². The zero-order valence-corrected chi connectivity index (χ0v) is 12.5. The number of hydrogen-bond donors (Lipinski definition) is 3. The Balaban J connectivity index is 2.05. The molecule has 2 amide bonds. The summed E-state index contributed by atoms with van der Waals surface area (Å²) >= 11 is 3.19. The molecule has 0 aliphatic carbocycles. The van der Waals surface area contributed by atoms with Crippen molar-refractivity contribution in [2.24, 2.45) is 0 Å². The van der Waals surface area contributed by atoms with E-state index in [9.17, 15) is 14.0 Å². The minimum Gasteiger partial charge on any atom is -0.496 e. The number of nitrogens with one attached hydrogen (secondary N) is 3. The van der Waals surface area contributed by atoms with Crippen molar-refractivity contribution in [1.82, 2.24) is 15.8 Å². The van der Waals surface area contributed by atoms with Gasteiger partial charge in [0.15, 0.2) is 0 Å². The average molecular weight is 356 g/mol. The fraction of sp³-hybridized carbons (Fsp3) is 0.0769. The number of amides is 2. The Morgan fingerprint density at radius 2 is 1.95 bits per heavy atom. The summed E-state index contributed by atoms with van der Waals surface area (Å²) in [7, 11) is 1.36. The van der Waals surface area contributed by atoms with E-state index in [1.165, 1.54) is 19.2 Å². The van der Waals surface area contributed by atoms with Crippen LogP contribution in [-0.4, -0.2) is 23.9 Å². The maximum Gasteiger partial charge on any atom is 0.286 e. The molecule has 0 aliphatic rings. The molecule has 110 valence electrons. The lowest BCUT2D eigenvalue weighted by Crippen LogP contribution is -2.41. The Bertz CT molecular complexity index is 687. The minimum atomic E-state index is -0.690. The lowest BCUT2D eigenvalue weighted by atomic mass is 10.2. The Hall–Kier alpha value is -2.35. The number of methoxy groups -OCH3 is 1. The van der Waals surface area contributed by atoms with Crippen LogP contribution in [0.5, 0.6) is 5.75 Å². The molecule has 1 aromatic heterocycles. The summed E-state index contributed by atoms with van der Waals surface area (Å²) in [6, 6.07) is 5.06. The van der Waals surface area contributed by atoms with Crippen LogP contribution in [0.15, 0.2) is 34.9 Å². The highest BCUT2D eigenvalue weighted by Crippen LogP contribution is 2.18. The molecule has 8 heteroatoms. The van der Waals surface area contributed by atoms with Crippen LogP contribution in [-0.2, 0) is 0 Å². The van der Waals surface area contributed by atoms with Gasteiger partial charge in [0.2, 0.25) is 0 Å². The van der Waals surface area contributed by atoms with Gasteiger partial charge in [-0.3, -0.25) is 20.4 Å². The van der Waals surface area contributed by atoms with E-state index in [1.807, 2.05) is 0 Å². The molecule has 1 heterocycles. The van der Waals surface area contributed by atoms with Crippen molar-refractivity contribution in [3.05, 3.63) is 52.0 Å². The number of halogens is 2. The first-order valence-corrected chi connectivity index (χ1v) is 6.58. The summed E-state index contributed by atoms with van der Waals surface area (Å²) in [4.78, 5) is 26.4. The molecule has 3 N–H and O–H groups in total. The molecule has 1 aromatic carbocycles. The number of carbonyl (C=O) groups is 2. The van der Waals surface area contributed by atoms with Crippen LogP contribution in [0.1, 0.15) is 20.8 Å². The monoisotopic (exact) mass is 355 g/mol. The van der Waals surface area contributed by atoms with Gasteiger partial charge in [-0.05, 0) is 40.2 Å². The highest BCUT2D eigenvalue weighted by molar-refractivity contribution is 9.10. The van der Waals surface area contributed by atoms with Crippen molar-refractivity contribution < 1.29 is 18.7 Å². The molecule has 0 aliphatic heterocycles. The van der Waals surface area contributed by atoms with Gasteiger partial charge in [-0.25, -0.2) is 4.39 Å². The second-order valence-corrected chi connectivity index (χ2v) is 4.90. The fourth-order valence-electron chi connectivity index (χ4n) is 1.60. The summed E-state index contributed by atoms with van der Waals surface area (Å²) < 4.78 is 18.8. The standard InChI is InChI=1S/C13H11BrFN3O3/c1-21-11-3-2-8(15)5-9(11)12(19)17-18-13(20)10-4-7(14)6-16-10/h2-6,16H,1H3,(H,17,19)(H,18,20). The predicted octanol–water partition coefficient (Wildman–Crippen LogP) is 2.00. The van der Waals surface area contributed by atoms with E-state index in [1.54, 1.807) is 12.3 Å². The van der Waals surface area contributed by atoms with Crippen LogP contribution in [0.4, 0.5) is 4.39 Å². The maximum atomic E-state index is 13.2. The van der Waals surface area contributed by atoms with Crippen molar-refractivity contribution in [3.63, 3.8) is 0 Å². The largest absolute Gasteiger partial charge is 0.496 e. The van der Waals surface area contributed by atoms with E-state index in [0.717, 1.165) is 6.07 Å². The molecule has 0 saturated carbocycles. The first kappa shape index (κ1) is 15.0. The molecular formula is C13H11BrFN3O3. The number of aromatic nitrogens is 1. The highest BCUT2D eigenvalue weighted by atomic mass is 79.9. The van der Waals surface area contributed by atoms with E-state index >= 15 is 0 Å². The van der Waals surface area contributed by atoms with Crippen molar-refractivity contribution in [2.45, 2.75) is 0 Å². The number of ether oxygens (including phenoxy) is 1. The molecule has 0 spiro atoms. The van der Waals surface area contributed by atoms with Gasteiger partial charge in [0.1, 0.15) is 17.3 Å². The van der Waals surface area contributed by atoms with Gasteiger partial charge in [-0.2, -0.15) is 0 Å². The first-order chi connectivity index (χ1) is 10.0. The van der Waals surface area contributed by atoms with Crippen molar-refractivity contribution >= 4 is 27.7 Å². The number of carbonyl (C=O) groups excluding carboxylic acids is 2. The third kappa shape index (κ3) is 3.60. The predicted molar refractivity (Wildman–Crippen MR) is 76.4 cm³/mol. The quantitative estimate of drug-likeness (QED) is 0.736.